The van der Waals surface area contributed by atoms with Gasteiger partial charge in [0.15, 0.2) is 0 Å². The van der Waals surface area contributed by atoms with E-state index in [4.69, 9.17) is 0 Å². The highest BCUT2D eigenvalue weighted by Crippen LogP contribution is 2.24. The molecule has 3 nitrogen and oxygen atoms in total. The van der Waals surface area contributed by atoms with Crippen LogP contribution in [0.4, 0.5) is 5.69 Å². The number of nitrogens with zero attached hydrogens (tertiary/aromatic N) is 2. The van der Waals surface area contributed by atoms with E-state index in [0.717, 1.165) is 36.2 Å². The molecule has 0 radical (unpaired) electrons. The van der Waals surface area contributed by atoms with Gasteiger partial charge in [0.25, 0.3) is 5.91 Å². The minimum absolute atomic E-state index is 0.130. The quantitative estimate of drug-likeness (QED) is 0.816. The number of rotatable bonds is 2. The number of anilines is 1. The van der Waals surface area contributed by atoms with Crippen LogP contribution in [0.3, 0.4) is 0 Å². The van der Waals surface area contributed by atoms with E-state index in [9.17, 15) is 4.79 Å². The monoisotopic (exact) mass is 358 g/mol. The summed E-state index contributed by atoms with van der Waals surface area (Å²) in [7, 11) is 0. The number of carbonyl (C=O) groups excluding carboxylic acids is 1. The van der Waals surface area contributed by atoms with E-state index in [-0.39, 0.29) is 5.91 Å². The van der Waals surface area contributed by atoms with E-state index in [2.05, 4.69) is 46.0 Å². The Morgan fingerprint density at radius 3 is 2.32 bits per heavy atom. The van der Waals surface area contributed by atoms with Gasteiger partial charge < -0.3 is 9.80 Å². The maximum absolute atomic E-state index is 12.4. The molecule has 1 heterocycles. The fourth-order valence-corrected chi connectivity index (χ4v) is 3.08. The molecule has 0 saturated carbocycles. The Hall–Kier alpha value is -1.81. The molecule has 0 unspecified atom stereocenters. The van der Waals surface area contributed by atoms with Gasteiger partial charge in [-0.1, -0.05) is 40.2 Å². The molecule has 2 aromatic rings. The van der Waals surface area contributed by atoms with E-state index < -0.39 is 0 Å². The van der Waals surface area contributed by atoms with Crippen molar-refractivity contribution in [3.05, 3.63) is 64.1 Å². The highest BCUT2D eigenvalue weighted by atomic mass is 79.9. The molecule has 1 amide bonds. The standard InChI is InChI=1S/C18H19BrN2O/c1-14-7-8-16(13-17(14)19)20-9-11-21(12-10-20)18(22)15-5-3-2-4-6-15/h2-8,13H,9-12H2,1H3. The molecular weight excluding hydrogens is 340 g/mol. The molecule has 22 heavy (non-hydrogen) atoms. The van der Waals surface area contributed by atoms with E-state index in [1.165, 1.54) is 11.3 Å². The fourth-order valence-electron chi connectivity index (χ4n) is 2.71. The summed E-state index contributed by atoms with van der Waals surface area (Å²) in [5, 5.41) is 0. The molecule has 0 spiro atoms. The molecule has 3 rings (SSSR count). The first-order chi connectivity index (χ1) is 10.6. The summed E-state index contributed by atoms with van der Waals surface area (Å²) >= 11 is 3.59. The van der Waals surface area contributed by atoms with Crippen molar-refractivity contribution in [1.82, 2.24) is 4.90 Å². The molecule has 1 saturated heterocycles. The third-order valence-electron chi connectivity index (χ3n) is 4.11. The lowest BCUT2D eigenvalue weighted by molar-refractivity contribution is 0.0747. The summed E-state index contributed by atoms with van der Waals surface area (Å²) in [5.41, 5.74) is 3.22. The van der Waals surface area contributed by atoms with Crippen LogP contribution in [0.2, 0.25) is 0 Å². The van der Waals surface area contributed by atoms with Crippen LogP contribution in [0.15, 0.2) is 53.0 Å². The molecule has 4 heteroatoms. The zero-order chi connectivity index (χ0) is 15.5. The Labute approximate surface area is 139 Å². The Balaban J connectivity index is 1.65. The van der Waals surface area contributed by atoms with Gasteiger partial charge >= 0.3 is 0 Å². The number of hydrogen-bond donors (Lipinski definition) is 0. The van der Waals surface area contributed by atoms with E-state index >= 15 is 0 Å². The molecule has 1 fully saturated rings. The Bertz CT molecular complexity index is 664. The average Bonchev–Trinajstić information content (AvgIpc) is 2.58. The molecule has 2 aromatic carbocycles. The second kappa shape index (κ2) is 6.53. The van der Waals surface area contributed by atoms with E-state index in [1.54, 1.807) is 0 Å². The van der Waals surface area contributed by atoms with Crippen molar-refractivity contribution in [2.24, 2.45) is 0 Å². The van der Waals surface area contributed by atoms with Gasteiger partial charge in [0, 0.05) is 41.9 Å². The lowest BCUT2D eigenvalue weighted by Crippen LogP contribution is -2.48. The van der Waals surface area contributed by atoms with Gasteiger partial charge in [-0.15, -0.1) is 0 Å². The van der Waals surface area contributed by atoms with E-state index in [0.29, 0.717) is 0 Å². The van der Waals surface area contributed by atoms with Crippen LogP contribution in [0.25, 0.3) is 0 Å². The number of halogens is 1. The second-order valence-electron chi connectivity index (χ2n) is 5.58. The summed E-state index contributed by atoms with van der Waals surface area (Å²) < 4.78 is 1.13. The summed E-state index contributed by atoms with van der Waals surface area (Å²) in [4.78, 5) is 16.7. The van der Waals surface area contributed by atoms with Crippen molar-refractivity contribution in [3.8, 4) is 0 Å². The highest BCUT2D eigenvalue weighted by molar-refractivity contribution is 9.10. The molecule has 0 N–H and O–H groups in total. The summed E-state index contributed by atoms with van der Waals surface area (Å²) in [6.07, 6.45) is 0. The maximum atomic E-state index is 12.4. The predicted octanol–water partition coefficient (Wildman–Crippen LogP) is 3.72. The first kappa shape index (κ1) is 15.1. The van der Waals surface area contributed by atoms with Gasteiger partial charge in [0.05, 0.1) is 0 Å². The number of piperazine rings is 1. The van der Waals surface area contributed by atoms with Gasteiger partial charge in [-0.05, 0) is 36.8 Å². The molecular formula is C18H19BrN2O. The topological polar surface area (TPSA) is 23.6 Å². The maximum Gasteiger partial charge on any atom is 0.253 e. The van der Waals surface area contributed by atoms with Crippen LogP contribution >= 0.6 is 15.9 Å². The van der Waals surface area contributed by atoms with Crippen molar-refractivity contribution in [1.29, 1.82) is 0 Å². The van der Waals surface area contributed by atoms with Crippen molar-refractivity contribution in [3.63, 3.8) is 0 Å². The van der Waals surface area contributed by atoms with Crippen molar-refractivity contribution in [2.75, 3.05) is 31.1 Å². The smallest absolute Gasteiger partial charge is 0.253 e. The molecule has 0 atom stereocenters. The van der Waals surface area contributed by atoms with Crippen LogP contribution in [0, 0.1) is 6.92 Å². The Kier molecular flexibility index (Phi) is 4.48. The van der Waals surface area contributed by atoms with Crippen LogP contribution in [-0.4, -0.2) is 37.0 Å². The average molecular weight is 359 g/mol. The third-order valence-corrected chi connectivity index (χ3v) is 4.96. The Morgan fingerprint density at radius 1 is 1.00 bits per heavy atom. The summed E-state index contributed by atoms with van der Waals surface area (Å²) in [6.45, 7) is 5.35. The Morgan fingerprint density at radius 2 is 1.68 bits per heavy atom. The number of benzene rings is 2. The first-order valence-electron chi connectivity index (χ1n) is 7.50. The second-order valence-corrected chi connectivity index (χ2v) is 6.43. The minimum atomic E-state index is 0.130. The fraction of sp³-hybridized carbons (Fsp3) is 0.278. The highest BCUT2D eigenvalue weighted by Gasteiger charge is 2.22. The predicted molar refractivity (Wildman–Crippen MR) is 93.4 cm³/mol. The van der Waals surface area contributed by atoms with Gasteiger partial charge in [0.1, 0.15) is 0 Å². The molecule has 0 bridgehead atoms. The van der Waals surface area contributed by atoms with Gasteiger partial charge in [-0.2, -0.15) is 0 Å². The van der Waals surface area contributed by atoms with Gasteiger partial charge in [0.2, 0.25) is 0 Å². The first-order valence-corrected chi connectivity index (χ1v) is 8.30. The number of amides is 1. The third kappa shape index (κ3) is 3.17. The molecule has 0 aromatic heterocycles. The molecule has 0 aliphatic carbocycles. The van der Waals surface area contributed by atoms with E-state index in [1.807, 2.05) is 35.2 Å². The van der Waals surface area contributed by atoms with Crippen molar-refractivity contribution < 1.29 is 4.79 Å². The zero-order valence-corrected chi connectivity index (χ0v) is 14.2. The van der Waals surface area contributed by atoms with Crippen LogP contribution in [-0.2, 0) is 0 Å². The number of carbonyl (C=O) groups is 1. The lowest BCUT2D eigenvalue weighted by Gasteiger charge is -2.36. The van der Waals surface area contributed by atoms with Crippen molar-refractivity contribution in [2.45, 2.75) is 6.92 Å². The number of aryl methyl sites for hydroxylation is 1. The zero-order valence-electron chi connectivity index (χ0n) is 12.6. The molecule has 1 aliphatic rings. The van der Waals surface area contributed by atoms with Gasteiger partial charge in [-0.25, -0.2) is 0 Å². The van der Waals surface area contributed by atoms with Crippen LogP contribution < -0.4 is 4.90 Å². The van der Waals surface area contributed by atoms with Gasteiger partial charge in [-0.3, -0.25) is 4.79 Å². The minimum Gasteiger partial charge on any atom is -0.368 e. The van der Waals surface area contributed by atoms with Crippen LogP contribution in [0.1, 0.15) is 15.9 Å². The summed E-state index contributed by atoms with van der Waals surface area (Å²) in [6, 6.07) is 15.9. The number of hydrogen-bond acceptors (Lipinski definition) is 2. The molecule has 1 aliphatic heterocycles. The van der Waals surface area contributed by atoms with Crippen molar-refractivity contribution >= 4 is 27.5 Å². The summed E-state index contributed by atoms with van der Waals surface area (Å²) in [5.74, 6) is 0.130. The molecule has 114 valence electrons. The van der Waals surface area contributed by atoms with Crippen LogP contribution in [0.5, 0.6) is 0 Å². The largest absolute Gasteiger partial charge is 0.368 e. The SMILES string of the molecule is Cc1ccc(N2CCN(C(=O)c3ccccc3)CC2)cc1Br. The lowest BCUT2D eigenvalue weighted by atomic mass is 10.1. The normalized spacial score (nSPS) is 15.0.